The quantitative estimate of drug-likeness (QED) is 0.820. The van der Waals surface area contributed by atoms with E-state index in [1.54, 1.807) is 18.2 Å². The first-order valence-corrected chi connectivity index (χ1v) is 8.16. The van der Waals surface area contributed by atoms with Crippen molar-refractivity contribution >= 4 is 53.4 Å². The van der Waals surface area contributed by atoms with E-state index >= 15 is 0 Å². The highest BCUT2D eigenvalue weighted by atomic mass is 79.9. The number of nitrogen functional groups attached to an aromatic ring is 1. The zero-order chi connectivity index (χ0) is 14.0. The lowest BCUT2D eigenvalue weighted by Gasteiger charge is -2.12. The van der Waals surface area contributed by atoms with Gasteiger partial charge in [-0.1, -0.05) is 6.07 Å². The van der Waals surface area contributed by atoms with Gasteiger partial charge in [0, 0.05) is 15.1 Å². The van der Waals surface area contributed by atoms with Gasteiger partial charge >= 0.3 is 0 Å². The molecule has 0 radical (unpaired) electrons. The van der Waals surface area contributed by atoms with Crippen LogP contribution in [0.1, 0.15) is 0 Å². The molecule has 3 N–H and O–H groups in total. The van der Waals surface area contributed by atoms with Gasteiger partial charge in [0.15, 0.2) is 0 Å². The second kappa shape index (κ2) is 5.48. The molecule has 0 unspecified atom stereocenters. The van der Waals surface area contributed by atoms with Crippen molar-refractivity contribution in [3.63, 3.8) is 0 Å². The molecule has 1 aromatic heterocycles. The fourth-order valence-corrected chi connectivity index (χ4v) is 4.06. The number of aromatic nitrogens is 1. The first-order chi connectivity index (χ1) is 8.92. The molecule has 19 heavy (non-hydrogen) atoms. The Morgan fingerprint density at radius 3 is 2.32 bits per heavy atom. The van der Waals surface area contributed by atoms with Gasteiger partial charge < -0.3 is 5.73 Å². The maximum atomic E-state index is 12.3. The molecule has 0 aliphatic rings. The minimum Gasteiger partial charge on any atom is -0.383 e. The SMILES string of the molecule is Nc1ncccc1S(=O)(=O)Nc1c(Br)cccc1Br. The third-order valence-corrected chi connectivity index (χ3v) is 5.01. The van der Waals surface area contributed by atoms with E-state index in [9.17, 15) is 8.42 Å². The molecule has 2 rings (SSSR count). The number of halogens is 2. The number of pyridine rings is 1. The standard InChI is InChI=1S/C11H9Br2N3O2S/c12-7-3-1-4-8(13)10(7)16-19(17,18)9-5-2-6-15-11(9)14/h1-6,16H,(H2,14,15). The Morgan fingerprint density at radius 2 is 1.74 bits per heavy atom. The van der Waals surface area contributed by atoms with Crippen LogP contribution in [-0.4, -0.2) is 13.4 Å². The Kier molecular flexibility index (Phi) is 4.12. The van der Waals surface area contributed by atoms with Gasteiger partial charge in [0.05, 0.1) is 5.69 Å². The summed E-state index contributed by atoms with van der Waals surface area (Å²) in [7, 11) is -3.79. The van der Waals surface area contributed by atoms with Crippen LogP contribution < -0.4 is 10.5 Å². The van der Waals surface area contributed by atoms with Gasteiger partial charge in [-0.05, 0) is 56.1 Å². The van der Waals surface area contributed by atoms with Crippen molar-refractivity contribution in [3.05, 3.63) is 45.5 Å². The summed E-state index contributed by atoms with van der Waals surface area (Å²) in [5, 5.41) is 0. The van der Waals surface area contributed by atoms with Crippen LogP contribution in [0.3, 0.4) is 0 Å². The van der Waals surface area contributed by atoms with Crippen molar-refractivity contribution in [3.8, 4) is 0 Å². The predicted octanol–water partition coefficient (Wildman–Crippen LogP) is 2.99. The molecule has 0 amide bonds. The van der Waals surface area contributed by atoms with Crippen molar-refractivity contribution in [2.75, 3.05) is 10.5 Å². The average molecular weight is 407 g/mol. The van der Waals surface area contributed by atoms with Crippen LogP contribution in [0.4, 0.5) is 11.5 Å². The third-order valence-electron chi connectivity index (χ3n) is 2.29. The molecular formula is C11H9Br2N3O2S. The number of nitrogens with zero attached hydrogens (tertiary/aromatic N) is 1. The van der Waals surface area contributed by atoms with Crippen LogP contribution in [0.2, 0.25) is 0 Å². The molecule has 8 heteroatoms. The Labute approximate surface area is 127 Å². The highest BCUT2D eigenvalue weighted by molar-refractivity contribution is 9.11. The van der Waals surface area contributed by atoms with Gasteiger partial charge in [0.25, 0.3) is 10.0 Å². The van der Waals surface area contributed by atoms with Gasteiger partial charge in [0.1, 0.15) is 10.7 Å². The number of rotatable bonds is 3. The Balaban J connectivity index is 2.46. The molecule has 0 spiro atoms. The number of hydrogen-bond acceptors (Lipinski definition) is 4. The summed E-state index contributed by atoms with van der Waals surface area (Å²) >= 11 is 6.57. The van der Waals surface area contributed by atoms with Gasteiger partial charge in [0.2, 0.25) is 0 Å². The van der Waals surface area contributed by atoms with Gasteiger partial charge in [-0.15, -0.1) is 0 Å². The van der Waals surface area contributed by atoms with E-state index in [4.69, 9.17) is 5.73 Å². The molecule has 5 nitrogen and oxygen atoms in total. The second-order valence-electron chi connectivity index (χ2n) is 3.59. The van der Waals surface area contributed by atoms with Crippen LogP contribution in [0.25, 0.3) is 0 Å². The van der Waals surface area contributed by atoms with Crippen molar-refractivity contribution < 1.29 is 8.42 Å². The number of benzene rings is 1. The lowest BCUT2D eigenvalue weighted by Crippen LogP contribution is -2.16. The monoisotopic (exact) mass is 405 g/mol. The van der Waals surface area contributed by atoms with Crippen LogP contribution in [0.5, 0.6) is 0 Å². The Hall–Kier alpha value is -1.12. The summed E-state index contributed by atoms with van der Waals surface area (Å²) in [4.78, 5) is 3.71. The average Bonchev–Trinajstić information content (AvgIpc) is 2.34. The number of para-hydroxylation sites is 1. The maximum absolute atomic E-state index is 12.3. The van der Waals surface area contributed by atoms with E-state index < -0.39 is 10.0 Å². The van der Waals surface area contributed by atoms with Crippen LogP contribution >= 0.6 is 31.9 Å². The van der Waals surface area contributed by atoms with Gasteiger partial charge in [-0.2, -0.15) is 0 Å². The molecule has 0 saturated heterocycles. The smallest absolute Gasteiger partial charge is 0.265 e. The van der Waals surface area contributed by atoms with Gasteiger partial charge in [-0.25, -0.2) is 13.4 Å². The summed E-state index contributed by atoms with van der Waals surface area (Å²) in [6, 6.07) is 8.16. The molecule has 100 valence electrons. The second-order valence-corrected chi connectivity index (χ2v) is 6.95. The van der Waals surface area contributed by atoms with Crippen LogP contribution in [-0.2, 0) is 10.0 Å². The van der Waals surface area contributed by atoms with Crippen molar-refractivity contribution in [2.24, 2.45) is 0 Å². The minimum absolute atomic E-state index is 0.0434. The third kappa shape index (κ3) is 3.07. The first kappa shape index (κ1) is 14.3. The lowest BCUT2D eigenvalue weighted by atomic mass is 10.3. The Morgan fingerprint density at radius 1 is 1.11 bits per heavy atom. The van der Waals surface area contributed by atoms with Gasteiger partial charge in [-0.3, -0.25) is 4.72 Å². The normalized spacial score (nSPS) is 11.3. The van der Waals surface area contributed by atoms with Crippen molar-refractivity contribution in [2.45, 2.75) is 4.90 Å². The van der Waals surface area contributed by atoms with E-state index in [1.165, 1.54) is 18.3 Å². The fourth-order valence-electron chi connectivity index (χ4n) is 1.41. The topological polar surface area (TPSA) is 85.1 Å². The van der Waals surface area contributed by atoms with Crippen molar-refractivity contribution in [1.29, 1.82) is 0 Å². The number of nitrogens with two attached hydrogens (primary N) is 1. The molecule has 0 atom stereocenters. The summed E-state index contributed by atoms with van der Waals surface area (Å²) in [5.41, 5.74) is 5.99. The number of sulfonamides is 1. The molecule has 0 aliphatic heterocycles. The molecular weight excluding hydrogens is 398 g/mol. The van der Waals surface area contributed by atoms with E-state index in [-0.39, 0.29) is 10.7 Å². The van der Waals surface area contributed by atoms with E-state index in [0.717, 1.165) is 0 Å². The largest absolute Gasteiger partial charge is 0.383 e. The first-order valence-electron chi connectivity index (χ1n) is 5.09. The van der Waals surface area contributed by atoms with Crippen LogP contribution in [0, 0.1) is 0 Å². The molecule has 0 bridgehead atoms. The molecule has 0 fully saturated rings. The number of hydrogen-bond donors (Lipinski definition) is 2. The molecule has 1 heterocycles. The highest BCUT2D eigenvalue weighted by Crippen LogP contribution is 2.32. The van der Waals surface area contributed by atoms with E-state index in [0.29, 0.717) is 14.6 Å². The zero-order valence-electron chi connectivity index (χ0n) is 9.47. The molecule has 1 aromatic carbocycles. The molecule has 2 aromatic rings. The maximum Gasteiger partial charge on any atom is 0.265 e. The highest BCUT2D eigenvalue weighted by Gasteiger charge is 2.20. The number of anilines is 2. The van der Waals surface area contributed by atoms with E-state index in [2.05, 4.69) is 41.6 Å². The fraction of sp³-hybridized carbons (Fsp3) is 0. The molecule has 0 aliphatic carbocycles. The number of nitrogens with one attached hydrogen (secondary N) is 1. The summed E-state index contributed by atoms with van der Waals surface area (Å²) in [5.74, 6) is -0.0434. The Bertz CT molecular complexity index is 699. The molecule has 0 saturated carbocycles. The zero-order valence-corrected chi connectivity index (χ0v) is 13.5. The summed E-state index contributed by atoms with van der Waals surface area (Å²) in [6.07, 6.45) is 1.43. The van der Waals surface area contributed by atoms with E-state index in [1.807, 2.05) is 0 Å². The lowest BCUT2D eigenvalue weighted by molar-refractivity contribution is 0.601. The van der Waals surface area contributed by atoms with Crippen LogP contribution in [0.15, 0.2) is 50.4 Å². The summed E-state index contributed by atoms with van der Waals surface area (Å²) in [6.45, 7) is 0. The predicted molar refractivity (Wildman–Crippen MR) is 81.3 cm³/mol. The summed E-state index contributed by atoms with van der Waals surface area (Å²) < 4.78 is 28.2. The minimum atomic E-state index is -3.79. The van der Waals surface area contributed by atoms with Crippen molar-refractivity contribution in [1.82, 2.24) is 4.98 Å².